The molecular weight excluding hydrogens is 193 g/mol. The second-order valence-electron chi connectivity index (χ2n) is 2.37. The number of benzene rings is 1. The van der Waals surface area contributed by atoms with Crippen molar-refractivity contribution in [3.63, 3.8) is 0 Å². The lowest BCUT2D eigenvalue weighted by atomic mass is 10.2. The lowest BCUT2D eigenvalue weighted by Gasteiger charge is -1.96. The van der Waals surface area contributed by atoms with Crippen molar-refractivity contribution in [2.75, 3.05) is 0 Å². The number of halogens is 2. The fourth-order valence-electron chi connectivity index (χ4n) is 0.904. The highest BCUT2D eigenvalue weighted by Gasteiger charge is 1.91. The van der Waals surface area contributed by atoms with Gasteiger partial charge in [-0.3, -0.25) is 0 Å². The topological polar surface area (TPSA) is 12.4 Å². The van der Waals surface area contributed by atoms with Crippen molar-refractivity contribution in [2.45, 2.75) is 13.3 Å². The van der Waals surface area contributed by atoms with Crippen LogP contribution in [0.5, 0.6) is 0 Å². The molecule has 1 nitrogen and oxygen atoms in total. The largest absolute Gasteiger partial charge is 0.225 e. The van der Waals surface area contributed by atoms with Crippen LogP contribution >= 0.6 is 23.2 Å². The van der Waals surface area contributed by atoms with Crippen LogP contribution in [0.3, 0.4) is 0 Å². The molecule has 0 atom stereocenters. The third-order valence-corrected chi connectivity index (χ3v) is 1.73. The van der Waals surface area contributed by atoms with Gasteiger partial charge in [-0.2, -0.15) is 0 Å². The Bertz CT molecular complexity index is 273. The fraction of sp³-hybridized carbons (Fsp3) is 0.222. The Morgan fingerprint density at radius 2 is 1.83 bits per heavy atom. The molecule has 0 heterocycles. The molecule has 0 N–H and O–H groups in total. The van der Waals surface area contributed by atoms with Gasteiger partial charge < -0.3 is 0 Å². The van der Waals surface area contributed by atoms with Crippen molar-refractivity contribution in [2.24, 2.45) is 4.99 Å². The first kappa shape index (κ1) is 9.56. The summed E-state index contributed by atoms with van der Waals surface area (Å²) in [5.41, 5.74) is 2.06. The minimum atomic E-state index is 0.0410. The van der Waals surface area contributed by atoms with Gasteiger partial charge in [0.2, 0.25) is 0 Å². The van der Waals surface area contributed by atoms with E-state index >= 15 is 0 Å². The lowest BCUT2D eigenvalue weighted by molar-refractivity contribution is 1.14. The van der Waals surface area contributed by atoms with Crippen molar-refractivity contribution >= 4 is 33.5 Å². The quantitative estimate of drug-likeness (QED) is 0.648. The molecule has 0 unspecified atom stereocenters. The van der Waals surface area contributed by atoms with Crippen molar-refractivity contribution in [1.29, 1.82) is 0 Å². The molecule has 12 heavy (non-hydrogen) atoms. The predicted molar refractivity (Wildman–Crippen MR) is 54.6 cm³/mol. The first-order chi connectivity index (χ1) is 5.72. The molecule has 0 aliphatic heterocycles. The molecule has 0 amide bonds. The van der Waals surface area contributed by atoms with Crippen LogP contribution in [0, 0.1) is 0 Å². The summed E-state index contributed by atoms with van der Waals surface area (Å²) in [6.07, 6.45) is 1.03. The van der Waals surface area contributed by atoms with Gasteiger partial charge in [0.1, 0.15) is 0 Å². The van der Waals surface area contributed by atoms with Gasteiger partial charge in [0.05, 0.1) is 5.69 Å². The maximum Gasteiger partial charge on any atom is 0.197 e. The molecule has 0 bridgehead atoms. The molecule has 0 saturated heterocycles. The second-order valence-corrected chi connectivity index (χ2v) is 3.28. The van der Waals surface area contributed by atoms with E-state index in [9.17, 15) is 0 Å². The van der Waals surface area contributed by atoms with Crippen LogP contribution in [0.4, 0.5) is 5.69 Å². The summed E-state index contributed by atoms with van der Waals surface area (Å²) < 4.78 is 0.0410. The summed E-state index contributed by atoms with van der Waals surface area (Å²) in [5, 5.41) is 0. The molecule has 0 aliphatic rings. The Hall–Kier alpha value is -0.530. The van der Waals surface area contributed by atoms with Crippen LogP contribution in [-0.2, 0) is 6.42 Å². The molecule has 0 radical (unpaired) electrons. The Labute approximate surface area is 82.0 Å². The van der Waals surface area contributed by atoms with Crippen molar-refractivity contribution in [3.8, 4) is 0 Å². The highest BCUT2D eigenvalue weighted by molar-refractivity contribution is 6.95. The maximum atomic E-state index is 5.40. The molecule has 0 aromatic heterocycles. The van der Waals surface area contributed by atoms with E-state index in [4.69, 9.17) is 23.2 Å². The van der Waals surface area contributed by atoms with Crippen LogP contribution < -0.4 is 0 Å². The Morgan fingerprint density at radius 3 is 2.25 bits per heavy atom. The van der Waals surface area contributed by atoms with Crippen LogP contribution in [0.2, 0.25) is 0 Å². The fourth-order valence-corrected chi connectivity index (χ4v) is 1.10. The molecule has 0 spiro atoms. The molecule has 3 heteroatoms. The van der Waals surface area contributed by atoms with E-state index < -0.39 is 0 Å². The Balaban J connectivity index is 2.85. The van der Waals surface area contributed by atoms with Gasteiger partial charge in [0.25, 0.3) is 0 Å². The number of nitrogens with zero attached hydrogens (tertiary/aromatic N) is 1. The van der Waals surface area contributed by atoms with E-state index in [1.54, 1.807) is 0 Å². The third-order valence-electron chi connectivity index (χ3n) is 1.56. The number of aryl methyl sites for hydroxylation is 1. The smallest absolute Gasteiger partial charge is 0.197 e. The third kappa shape index (κ3) is 2.84. The zero-order chi connectivity index (χ0) is 8.97. The zero-order valence-corrected chi connectivity index (χ0v) is 8.23. The summed E-state index contributed by atoms with van der Waals surface area (Å²) in [5.74, 6) is 0. The number of aliphatic imine (C=N–C) groups is 1. The molecular formula is C9H9Cl2N. The van der Waals surface area contributed by atoms with Gasteiger partial charge in [-0.05, 0) is 47.3 Å². The monoisotopic (exact) mass is 201 g/mol. The van der Waals surface area contributed by atoms with Crippen molar-refractivity contribution in [3.05, 3.63) is 29.8 Å². The highest BCUT2D eigenvalue weighted by Crippen LogP contribution is 2.15. The molecule has 0 fully saturated rings. The van der Waals surface area contributed by atoms with Gasteiger partial charge >= 0.3 is 0 Å². The van der Waals surface area contributed by atoms with E-state index in [-0.39, 0.29) is 4.63 Å². The SMILES string of the molecule is CCc1ccc(N=C(Cl)Cl)cc1. The van der Waals surface area contributed by atoms with E-state index in [2.05, 4.69) is 11.9 Å². The molecule has 1 rings (SSSR count). The number of hydrogen-bond acceptors (Lipinski definition) is 1. The van der Waals surface area contributed by atoms with Crippen LogP contribution in [0.1, 0.15) is 12.5 Å². The first-order valence-electron chi connectivity index (χ1n) is 3.71. The molecule has 0 saturated carbocycles. The summed E-state index contributed by atoms with van der Waals surface area (Å²) in [6.45, 7) is 2.10. The second kappa shape index (κ2) is 4.48. The van der Waals surface area contributed by atoms with E-state index in [1.807, 2.05) is 24.3 Å². The normalized spacial score (nSPS) is 9.58. The minimum Gasteiger partial charge on any atom is -0.225 e. The van der Waals surface area contributed by atoms with Crippen LogP contribution in [0.15, 0.2) is 29.3 Å². The van der Waals surface area contributed by atoms with E-state index in [1.165, 1.54) is 5.56 Å². The Morgan fingerprint density at radius 1 is 1.25 bits per heavy atom. The van der Waals surface area contributed by atoms with Gasteiger partial charge in [0.15, 0.2) is 4.63 Å². The standard InChI is InChI=1S/C9H9Cl2N/c1-2-7-3-5-8(6-4-7)12-9(10)11/h3-6H,2H2,1H3. The minimum absolute atomic E-state index is 0.0410. The highest BCUT2D eigenvalue weighted by atomic mass is 35.5. The average Bonchev–Trinajstić information content (AvgIpc) is 2.05. The summed E-state index contributed by atoms with van der Waals surface area (Å²) in [4.78, 5) is 3.88. The molecule has 64 valence electrons. The molecule has 1 aromatic carbocycles. The summed E-state index contributed by atoms with van der Waals surface area (Å²) >= 11 is 10.8. The number of rotatable bonds is 2. The van der Waals surface area contributed by atoms with Crippen LogP contribution in [-0.4, -0.2) is 4.63 Å². The van der Waals surface area contributed by atoms with Gasteiger partial charge in [-0.25, -0.2) is 4.99 Å². The molecule has 1 aromatic rings. The zero-order valence-electron chi connectivity index (χ0n) is 6.72. The predicted octanol–water partition coefficient (Wildman–Crippen LogP) is 3.71. The van der Waals surface area contributed by atoms with Crippen molar-refractivity contribution < 1.29 is 0 Å². The summed E-state index contributed by atoms with van der Waals surface area (Å²) in [7, 11) is 0. The first-order valence-corrected chi connectivity index (χ1v) is 4.46. The van der Waals surface area contributed by atoms with Gasteiger partial charge in [0, 0.05) is 0 Å². The lowest BCUT2D eigenvalue weighted by Crippen LogP contribution is -1.77. The van der Waals surface area contributed by atoms with E-state index in [0.717, 1.165) is 12.1 Å². The summed E-state index contributed by atoms with van der Waals surface area (Å²) in [6, 6.07) is 7.80. The van der Waals surface area contributed by atoms with E-state index in [0.29, 0.717) is 0 Å². The van der Waals surface area contributed by atoms with Gasteiger partial charge in [-0.15, -0.1) is 0 Å². The average molecular weight is 202 g/mol. The maximum absolute atomic E-state index is 5.40. The van der Waals surface area contributed by atoms with Crippen LogP contribution in [0.25, 0.3) is 0 Å². The number of hydrogen-bond donors (Lipinski definition) is 0. The van der Waals surface area contributed by atoms with Crippen molar-refractivity contribution in [1.82, 2.24) is 0 Å². The van der Waals surface area contributed by atoms with Gasteiger partial charge in [-0.1, -0.05) is 19.1 Å². The molecule has 0 aliphatic carbocycles. The Kier molecular flexibility index (Phi) is 3.57.